The Bertz CT molecular complexity index is 549. The van der Waals surface area contributed by atoms with Gasteiger partial charge in [-0.05, 0) is 24.1 Å². The van der Waals surface area contributed by atoms with Gasteiger partial charge in [-0.25, -0.2) is 0 Å². The molecule has 0 saturated heterocycles. The first-order valence-corrected chi connectivity index (χ1v) is 6.95. The van der Waals surface area contributed by atoms with E-state index in [1.807, 2.05) is 30.3 Å². The predicted molar refractivity (Wildman–Crippen MR) is 99.8 cm³/mol. The van der Waals surface area contributed by atoms with Crippen molar-refractivity contribution in [2.75, 3.05) is 19.7 Å². The number of rotatable bonds is 7. The molecule has 0 unspecified atom stereocenters. The predicted octanol–water partition coefficient (Wildman–Crippen LogP) is 2.23. The highest BCUT2D eigenvalue weighted by molar-refractivity contribution is 14.0. The number of aromatic nitrogens is 1. The average molecular weight is 412 g/mol. The van der Waals surface area contributed by atoms with Crippen LogP contribution in [0.4, 0.5) is 0 Å². The van der Waals surface area contributed by atoms with Gasteiger partial charge in [0.15, 0.2) is 5.96 Å². The maximum atomic E-state index is 5.79. The lowest BCUT2D eigenvalue weighted by molar-refractivity contribution is 0.321. The second-order valence-corrected chi connectivity index (χ2v) is 4.47. The summed E-state index contributed by atoms with van der Waals surface area (Å²) < 4.78 is 5.49. The molecule has 0 aliphatic heterocycles. The van der Waals surface area contributed by atoms with Crippen molar-refractivity contribution in [2.45, 2.75) is 6.42 Å². The Labute approximate surface area is 148 Å². The molecule has 1 heterocycles. The molecule has 5 nitrogen and oxygen atoms in total. The van der Waals surface area contributed by atoms with Crippen molar-refractivity contribution in [2.24, 2.45) is 10.7 Å². The SMILES string of the molecule is I.NC(=NCCc1ccccc1)NCCOc1cccnc1. The van der Waals surface area contributed by atoms with Crippen LogP contribution >= 0.6 is 24.0 Å². The topological polar surface area (TPSA) is 72.5 Å². The molecule has 0 aliphatic rings. The van der Waals surface area contributed by atoms with Crippen LogP contribution < -0.4 is 15.8 Å². The van der Waals surface area contributed by atoms with E-state index in [-0.39, 0.29) is 24.0 Å². The minimum atomic E-state index is 0. The van der Waals surface area contributed by atoms with Gasteiger partial charge in [-0.1, -0.05) is 30.3 Å². The van der Waals surface area contributed by atoms with Gasteiger partial charge in [0.2, 0.25) is 0 Å². The number of nitrogens with one attached hydrogen (secondary N) is 1. The summed E-state index contributed by atoms with van der Waals surface area (Å²) >= 11 is 0. The molecule has 0 bridgehead atoms. The molecule has 0 saturated carbocycles. The highest BCUT2D eigenvalue weighted by Crippen LogP contribution is 2.04. The average Bonchev–Trinajstić information content (AvgIpc) is 2.54. The molecule has 2 rings (SSSR count). The van der Waals surface area contributed by atoms with Gasteiger partial charge in [-0.2, -0.15) is 0 Å². The Morgan fingerprint density at radius 3 is 2.73 bits per heavy atom. The van der Waals surface area contributed by atoms with Crippen LogP contribution in [0.15, 0.2) is 59.9 Å². The van der Waals surface area contributed by atoms with Gasteiger partial charge in [0.05, 0.1) is 12.7 Å². The Balaban J connectivity index is 0.00000242. The van der Waals surface area contributed by atoms with E-state index >= 15 is 0 Å². The first-order chi connectivity index (χ1) is 10.3. The highest BCUT2D eigenvalue weighted by Gasteiger charge is 1.95. The number of ether oxygens (including phenoxy) is 1. The van der Waals surface area contributed by atoms with Crippen molar-refractivity contribution >= 4 is 29.9 Å². The van der Waals surface area contributed by atoms with Gasteiger partial charge in [-0.15, -0.1) is 24.0 Å². The Hall–Kier alpha value is -1.83. The second kappa shape index (κ2) is 10.8. The Morgan fingerprint density at radius 1 is 1.18 bits per heavy atom. The molecule has 0 spiro atoms. The lowest BCUT2D eigenvalue weighted by atomic mass is 10.2. The zero-order valence-corrected chi connectivity index (χ0v) is 14.6. The van der Waals surface area contributed by atoms with Gasteiger partial charge in [0.25, 0.3) is 0 Å². The number of nitrogens with two attached hydrogens (primary N) is 1. The van der Waals surface area contributed by atoms with Crippen LogP contribution in [0.5, 0.6) is 5.75 Å². The monoisotopic (exact) mass is 412 g/mol. The smallest absolute Gasteiger partial charge is 0.188 e. The third kappa shape index (κ3) is 7.26. The van der Waals surface area contributed by atoms with E-state index < -0.39 is 0 Å². The van der Waals surface area contributed by atoms with Crippen LogP contribution in [0.25, 0.3) is 0 Å². The van der Waals surface area contributed by atoms with Crippen LogP contribution in [0.1, 0.15) is 5.56 Å². The van der Waals surface area contributed by atoms with Crippen LogP contribution in [0.3, 0.4) is 0 Å². The summed E-state index contributed by atoms with van der Waals surface area (Å²) in [6.45, 7) is 1.79. The van der Waals surface area contributed by atoms with E-state index in [4.69, 9.17) is 10.5 Å². The minimum absolute atomic E-state index is 0. The Kier molecular flexibility index (Phi) is 8.97. The molecule has 118 valence electrons. The normalized spacial score (nSPS) is 10.6. The maximum Gasteiger partial charge on any atom is 0.188 e. The molecule has 1 aromatic carbocycles. The highest BCUT2D eigenvalue weighted by atomic mass is 127. The first-order valence-electron chi connectivity index (χ1n) is 6.95. The molecule has 1 aromatic heterocycles. The number of benzene rings is 1. The lowest BCUT2D eigenvalue weighted by Gasteiger charge is -2.07. The van der Waals surface area contributed by atoms with Gasteiger partial charge >= 0.3 is 0 Å². The molecule has 6 heteroatoms. The zero-order chi connectivity index (χ0) is 14.8. The van der Waals surface area contributed by atoms with Gasteiger partial charge < -0.3 is 15.8 Å². The van der Waals surface area contributed by atoms with Gasteiger partial charge in [-0.3, -0.25) is 9.98 Å². The van der Waals surface area contributed by atoms with Crippen LogP contribution in [0.2, 0.25) is 0 Å². The van der Waals surface area contributed by atoms with Crippen LogP contribution in [-0.2, 0) is 6.42 Å². The summed E-state index contributed by atoms with van der Waals surface area (Å²) in [7, 11) is 0. The number of guanidine groups is 1. The largest absolute Gasteiger partial charge is 0.490 e. The molecule has 0 amide bonds. The van der Waals surface area contributed by atoms with E-state index in [2.05, 4.69) is 27.4 Å². The van der Waals surface area contributed by atoms with Crippen molar-refractivity contribution in [1.29, 1.82) is 0 Å². The number of hydrogen-bond donors (Lipinski definition) is 2. The van der Waals surface area contributed by atoms with E-state index in [0.29, 0.717) is 25.7 Å². The summed E-state index contributed by atoms with van der Waals surface area (Å²) in [5.74, 6) is 1.19. The van der Waals surface area contributed by atoms with Crippen molar-refractivity contribution in [3.63, 3.8) is 0 Å². The van der Waals surface area contributed by atoms with Gasteiger partial charge in [0, 0.05) is 12.7 Å². The first kappa shape index (κ1) is 18.2. The fourth-order valence-electron chi connectivity index (χ4n) is 1.79. The van der Waals surface area contributed by atoms with E-state index in [0.717, 1.165) is 12.2 Å². The van der Waals surface area contributed by atoms with E-state index in [1.54, 1.807) is 12.4 Å². The van der Waals surface area contributed by atoms with Crippen molar-refractivity contribution in [1.82, 2.24) is 10.3 Å². The molecule has 2 aromatic rings. The quantitative estimate of drug-likeness (QED) is 0.317. The third-order valence-electron chi connectivity index (χ3n) is 2.84. The zero-order valence-electron chi connectivity index (χ0n) is 12.3. The summed E-state index contributed by atoms with van der Waals surface area (Å²) in [6, 6.07) is 13.9. The standard InChI is InChI=1S/C16H20N4O.HI/c17-16(19-10-8-14-5-2-1-3-6-14)20-11-12-21-15-7-4-9-18-13-15;/h1-7,9,13H,8,10-12H2,(H3,17,19,20);1H. The molecule has 0 radical (unpaired) electrons. The fourth-order valence-corrected chi connectivity index (χ4v) is 1.79. The molecular weight excluding hydrogens is 391 g/mol. The summed E-state index contributed by atoms with van der Waals surface area (Å²) in [4.78, 5) is 8.25. The number of hydrogen-bond acceptors (Lipinski definition) is 3. The minimum Gasteiger partial charge on any atom is -0.490 e. The van der Waals surface area contributed by atoms with Crippen molar-refractivity contribution in [3.05, 3.63) is 60.4 Å². The van der Waals surface area contributed by atoms with Crippen molar-refractivity contribution < 1.29 is 4.74 Å². The molecule has 0 aliphatic carbocycles. The van der Waals surface area contributed by atoms with E-state index in [1.165, 1.54) is 5.56 Å². The summed E-state index contributed by atoms with van der Waals surface area (Å²) in [6.07, 6.45) is 4.27. The van der Waals surface area contributed by atoms with Gasteiger partial charge in [0.1, 0.15) is 12.4 Å². The van der Waals surface area contributed by atoms with E-state index in [9.17, 15) is 0 Å². The number of aliphatic imine (C=N–C) groups is 1. The lowest BCUT2D eigenvalue weighted by Crippen LogP contribution is -2.35. The number of pyridine rings is 1. The molecule has 22 heavy (non-hydrogen) atoms. The summed E-state index contributed by atoms with van der Waals surface area (Å²) in [5, 5.41) is 3.02. The summed E-state index contributed by atoms with van der Waals surface area (Å²) in [5.41, 5.74) is 7.05. The third-order valence-corrected chi connectivity index (χ3v) is 2.84. The molecule has 0 fully saturated rings. The molecule has 3 N–H and O–H groups in total. The molecular formula is C16H21IN4O. The second-order valence-electron chi connectivity index (χ2n) is 4.47. The molecule has 0 atom stereocenters. The number of halogens is 1. The maximum absolute atomic E-state index is 5.79. The fraction of sp³-hybridized carbons (Fsp3) is 0.250. The van der Waals surface area contributed by atoms with Crippen LogP contribution in [-0.4, -0.2) is 30.6 Å². The van der Waals surface area contributed by atoms with Crippen molar-refractivity contribution in [3.8, 4) is 5.75 Å². The number of nitrogens with zero attached hydrogens (tertiary/aromatic N) is 2. The van der Waals surface area contributed by atoms with Crippen LogP contribution in [0, 0.1) is 0 Å². The Morgan fingerprint density at radius 2 is 2.00 bits per heavy atom.